The zero-order valence-electron chi connectivity index (χ0n) is 13.3. The molecule has 23 heavy (non-hydrogen) atoms. The van der Waals surface area contributed by atoms with Crippen LogP contribution in [0.15, 0.2) is 18.3 Å². The van der Waals surface area contributed by atoms with E-state index in [0.29, 0.717) is 12.1 Å². The highest BCUT2D eigenvalue weighted by Crippen LogP contribution is 2.36. The number of likely N-dealkylation sites (tertiary alicyclic amines) is 1. The molecule has 122 valence electrons. The molecule has 1 saturated carbocycles. The third-order valence-electron chi connectivity index (χ3n) is 4.79. The maximum atomic E-state index is 4.27. The van der Waals surface area contributed by atoms with E-state index in [1.807, 2.05) is 16.8 Å². The smallest absolute Gasteiger partial charge is 0.168 e. The van der Waals surface area contributed by atoms with Crippen LogP contribution in [0.25, 0.3) is 0 Å². The molecule has 2 fully saturated rings. The molecule has 0 radical (unpaired) electrons. The Morgan fingerprint density at radius 1 is 1.17 bits per heavy atom. The molecule has 3 heterocycles. The van der Waals surface area contributed by atoms with Crippen LogP contribution in [0.4, 0.5) is 5.82 Å². The van der Waals surface area contributed by atoms with Crippen LogP contribution in [0.3, 0.4) is 0 Å². The number of nitrogens with zero attached hydrogens (tertiary/aromatic N) is 7. The molecular weight excluding hydrogens is 292 g/mol. The van der Waals surface area contributed by atoms with E-state index in [1.54, 1.807) is 6.20 Å². The van der Waals surface area contributed by atoms with Crippen LogP contribution in [0.1, 0.15) is 50.5 Å². The molecule has 0 spiro atoms. The van der Waals surface area contributed by atoms with Gasteiger partial charge < -0.3 is 5.32 Å². The van der Waals surface area contributed by atoms with Gasteiger partial charge in [0.25, 0.3) is 0 Å². The lowest BCUT2D eigenvalue weighted by atomic mass is 10.0. The minimum absolute atomic E-state index is 0.267. The molecule has 1 atom stereocenters. The largest absolute Gasteiger partial charge is 0.366 e. The molecule has 1 aliphatic heterocycles. The first-order chi connectivity index (χ1) is 11.3. The van der Waals surface area contributed by atoms with Crippen molar-refractivity contribution in [3.8, 4) is 0 Å². The van der Waals surface area contributed by atoms with Gasteiger partial charge in [0.1, 0.15) is 5.82 Å². The molecule has 1 aliphatic carbocycles. The predicted molar refractivity (Wildman–Crippen MR) is 84.8 cm³/mol. The third kappa shape index (κ3) is 3.17. The van der Waals surface area contributed by atoms with Crippen molar-refractivity contribution >= 4 is 5.82 Å². The van der Waals surface area contributed by atoms with Gasteiger partial charge in [0.05, 0.1) is 12.1 Å². The van der Waals surface area contributed by atoms with Gasteiger partial charge in [-0.05, 0) is 55.2 Å². The van der Waals surface area contributed by atoms with Gasteiger partial charge in [-0.15, -0.1) is 10.2 Å². The Bertz CT molecular complexity index is 630. The fourth-order valence-corrected chi connectivity index (χ4v) is 3.24. The lowest BCUT2D eigenvalue weighted by molar-refractivity contribution is 0.158. The van der Waals surface area contributed by atoms with Crippen LogP contribution in [-0.4, -0.2) is 54.4 Å². The number of hydrogen-bond donors (Lipinski definition) is 1. The molecule has 0 unspecified atom stereocenters. The summed E-state index contributed by atoms with van der Waals surface area (Å²) in [5.74, 6) is 1.87. The SMILES string of the molecule is C[C@H](c1nnnn1C1CC1)N1CCC(Nc2cccnn2)CC1. The first kappa shape index (κ1) is 14.5. The van der Waals surface area contributed by atoms with Crippen molar-refractivity contribution in [1.82, 2.24) is 35.3 Å². The molecule has 2 aliphatic rings. The number of rotatable bonds is 5. The molecule has 0 bridgehead atoms. The van der Waals surface area contributed by atoms with E-state index in [0.717, 1.165) is 37.6 Å². The lowest BCUT2D eigenvalue weighted by Gasteiger charge is -2.35. The number of nitrogens with one attached hydrogen (secondary N) is 1. The second-order valence-corrected chi connectivity index (χ2v) is 6.45. The topological polar surface area (TPSA) is 84.7 Å². The second kappa shape index (κ2) is 6.19. The summed E-state index contributed by atoms with van der Waals surface area (Å²) in [7, 11) is 0. The Morgan fingerprint density at radius 3 is 2.70 bits per heavy atom. The average Bonchev–Trinajstić information content (AvgIpc) is 3.33. The monoisotopic (exact) mass is 314 g/mol. The summed E-state index contributed by atoms with van der Waals surface area (Å²) in [6.45, 7) is 4.29. The van der Waals surface area contributed by atoms with Crippen LogP contribution in [0.5, 0.6) is 0 Å². The maximum absolute atomic E-state index is 4.27. The van der Waals surface area contributed by atoms with Crippen molar-refractivity contribution in [2.75, 3.05) is 18.4 Å². The molecule has 1 saturated heterocycles. The van der Waals surface area contributed by atoms with Gasteiger partial charge in [-0.3, -0.25) is 4.90 Å². The van der Waals surface area contributed by atoms with Crippen molar-refractivity contribution in [3.05, 3.63) is 24.2 Å². The van der Waals surface area contributed by atoms with E-state index in [1.165, 1.54) is 12.8 Å². The zero-order chi connectivity index (χ0) is 15.6. The average molecular weight is 314 g/mol. The highest BCUT2D eigenvalue weighted by atomic mass is 15.6. The molecule has 4 rings (SSSR count). The Hall–Kier alpha value is -2.09. The highest BCUT2D eigenvalue weighted by molar-refractivity contribution is 5.33. The first-order valence-corrected chi connectivity index (χ1v) is 8.37. The van der Waals surface area contributed by atoms with Crippen LogP contribution in [0, 0.1) is 0 Å². The summed E-state index contributed by atoms with van der Waals surface area (Å²) in [4.78, 5) is 2.47. The first-order valence-electron chi connectivity index (χ1n) is 8.37. The molecule has 2 aromatic rings. The quantitative estimate of drug-likeness (QED) is 0.893. The third-order valence-corrected chi connectivity index (χ3v) is 4.79. The van der Waals surface area contributed by atoms with Gasteiger partial charge in [-0.1, -0.05) is 0 Å². The number of tetrazole rings is 1. The van der Waals surface area contributed by atoms with Gasteiger partial charge in [-0.2, -0.15) is 5.10 Å². The Labute approximate surface area is 135 Å². The van der Waals surface area contributed by atoms with E-state index in [4.69, 9.17) is 0 Å². The van der Waals surface area contributed by atoms with E-state index < -0.39 is 0 Å². The molecule has 8 nitrogen and oxygen atoms in total. The summed E-state index contributed by atoms with van der Waals surface area (Å²) in [6, 6.07) is 5.12. The van der Waals surface area contributed by atoms with Gasteiger partial charge in [0.15, 0.2) is 5.82 Å². The van der Waals surface area contributed by atoms with Crippen LogP contribution >= 0.6 is 0 Å². The Balaban J connectivity index is 1.34. The molecule has 1 N–H and O–H groups in total. The van der Waals surface area contributed by atoms with Crippen molar-refractivity contribution in [2.24, 2.45) is 0 Å². The van der Waals surface area contributed by atoms with Gasteiger partial charge in [0.2, 0.25) is 0 Å². The zero-order valence-corrected chi connectivity index (χ0v) is 13.3. The van der Waals surface area contributed by atoms with Gasteiger partial charge in [-0.25, -0.2) is 4.68 Å². The normalized spacial score (nSPS) is 21.3. The van der Waals surface area contributed by atoms with Crippen LogP contribution in [-0.2, 0) is 0 Å². The van der Waals surface area contributed by atoms with Crippen molar-refractivity contribution in [2.45, 2.75) is 50.7 Å². The van der Waals surface area contributed by atoms with Gasteiger partial charge in [0, 0.05) is 25.3 Å². The minimum atomic E-state index is 0.267. The predicted octanol–water partition coefficient (Wildman–Crippen LogP) is 1.44. The van der Waals surface area contributed by atoms with E-state index in [2.05, 4.69) is 42.9 Å². The van der Waals surface area contributed by atoms with Crippen molar-refractivity contribution < 1.29 is 0 Å². The molecule has 8 heteroatoms. The number of anilines is 1. The summed E-state index contributed by atoms with van der Waals surface area (Å²) < 4.78 is 2.02. The van der Waals surface area contributed by atoms with E-state index in [9.17, 15) is 0 Å². The van der Waals surface area contributed by atoms with Crippen molar-refractivity contribution in [1.29, 1.82) is 0 Å². The highest BCUT2D eigenvalue weighted by Gasteiger charge is 2.32. The van der Waals surface area contributed by atoms with E-state index in [-0.39, 0.29) is 6.04 Å². The minimum Gasteiger partial charge on any atom is -0.366 e. The Kier molecular flexibility index (Phi) is 3.90. The second-order valence-electron chi connectivity index (χ2n) is 6.45. The standard InChI is InChI=1S/C15H22N8/c1-11(15-19-20-21-23(15)13-4-5-13)22-9-6-12(7-10-22)17-14-3-2-8-16-18-14/h2-3,8,11-13H,4-7,9-10H2,1H3,(H,17,18)/t11-/m1/s1. The molecular formula is C15H22N8. The van der Waals surface area contributed by atoms with Crippen molar-refractivity contribution in [3.63, 3.8) is 0 Å². The summed E-state index contributed by atoms with van der Waals surface area (Å²) in [5.41, 5.74) is 0. The molecule has 0 amide bonds. The number of piperidine rings is 1. The fourth-order valence-electron chi connectivity index (χ4n) is 3.24. The molecule has 0 aromatic carbocycles. The summed E-state index contributed by atoms with van der Waals surface area (Å²) >= 11 is 0. The van der Waals surface area contributed by atoms with E-state index >= 15 is 0 Å². The van der Waals surface area contributed by atoms with Gasteiger partial charge >= 0.3 is 0 Å². The Morgan fingerprint density at radius 2 is 2.00 bits per heavy atom. The maximum Gasteiger partial charge on any atom is 0.168 e. The lowest BCUT2D eigenvalue weighted by Crippen LogP contribution is -2.41. The number of aromatic nitrogens is 6. The number of hydrogen-bond acceptors (Lipinski definition) is 7. The van der Waals surface area contributed by atoms with Crippen LogP contribution < -0.4 is 5.32 Å². The van der Waals surface area contributed by atoms with Crippen LogP contribution in [0.2, 0.25) is 0 Å². The summed E-state index contributed by atoms with van der Waals surface area (Å²) in [5, 5.41) is 23.8. The summed E-state index contributed by atoms with van der Waals surface area (Å²) in [6.07, 6.45) is 6.28. The fraction of sp³-hybridized carbons (Fsp3) is 0.667. The molecule has 2 aromatic heterocycles.